The molecule has 0 radical (unpaired) electrons. The minimum atomic E-state index is -0.325. The van der Waals surface area contributed by atoms with Crippen LogP contribution in [0.15, 0.2) is 48.7 Å². The highest BCUT2D eigenvalue weighted by Gasteiger charge is 2.03. The molecule has 0 aliphatic rings. The van der Waals surface area contributed by atoms with Crippen LogP contribution in [0.1, 0.15) is 0 Å². The van der Waals surface area contributed by atoms with Crippen LogP contribution in [0.2, 0.25) is 0 Å². The molecule has 0 aliphatic heterocycles. The normalized spacial score (nSPS) is 9.95. The first-order valence-corrected chi connectivity index (χ1v) is 6.60. The van der Waals surface area contributed by atoms with Crippen molar-refractivity contribution in [3.8, 4) is 0 Å². The lowest BCUT2D eigenvalue weighted by molar-refractivity contribution is 0.211. The van der Waals surface area contributed by atoms with Crippen molar-refractivity contribution in [3.63, 3.8) is 0 Å². The molecule has 1 heterocycles. The predicted octanol–water partition coefficient (Wildman–Crippen LogP) is 2.78. The summed E-state index contributed by atoms with van der Waals surface area (Å²) in [4.78, 5) is 15.9. The number of pyridine rings is 1. The highest BCUT2D eigenvalue weighted by molar-refractivity contribution is 5.99. The molecule has 0 unspecified atom stereocenters. The fourth-order valence-corrected chi connectivity index (χ4v) is 1.67. The second-order valence-corrected chi connectivity index (χ2v) is 4.30. The summed E-state index contributed by atoms with van der Waals surface area (Å²) in [6.45, 7) is 1.33. The molecule has 2 aromatic rings. The van der Waals surface area contributed by atoms with E-state index in [-0.39, 0.29) is 6.03 Å². The van der Waals surface area contributed by atoms with Crippen molar-refractivity contribution in [1.29, 1.82) is 0 Å². The van der Waals surface area contributed by atoms with Gasteiger partial charge in [-0.3, -0.25) is 5.32 Å². The number of aromatic nitrogens is 1. The summed E-state index contributed by atoms with van der Waals surface area (Å²) >= 11 is 0. The number of nitrogens with zero attached hydrogens (tertiary/aromatic N) is 1. The van der Waals surface area contributed by atoms with Crippen LogP contribution in [-0.4, -0.2) is 31.3 Å². The molecule has 1 aromatic carbocycles. The molecule has 0 atom stereocenters. The Kier molecular flexibility index (Phi) is 5.54. The monoisotopic (exact) mass is 286 g/mol. The van der Waals surface area contributed by atoms with Crippen molar-refractivity contribution in [1.82, 2.24) is 4.98 Å². The molecule has 0 saturated heterocycles. The molecular formula is C15H18N4O2. The first-order valence-electron chi connectivity index (χ1n) is 6.60. The van der Waals surface area contributed by atoms with Crippen molar-refractivity contribution in [2.24, 2.45) is 0 Å². The maximum Gasteiger partial charge on any atom is 0.324 e. The van der Waals surface area contributed by atoms with Crippen LogP contribution in [0, 0.1) is 0 Å². The van der Waals surface area contributed by atoms with E-state index < -0.39 is 0 Å². The number of benzene rings is 1. The minimum absolute atomic E-state index is 0.325. The zero-order valence-corrected chi connectivity index (χ0v) is 11.8. The molecule has 2 rings (SSSR count). The summed E-state index contributed by atoms with van der Waals surface area (Å²) in [5.41, 5.74) is 1.61. The van der Waals surface area contributed by atoms with E-state index >= 15 is 0 Å². The first-order chi connectivity index (χ1) is 10.3. The summed E-state index contributed by atoms with van der Waals surface area (Å²) in [6.07, 6.45) is 1.66. The Morgan fingerprint density at radius 3 is 2.57 bits per heavy atom. The van der Waals surface area contributed by atoms with Crippen molar-refractivity contribution < 1.29 is 9.53 Å². The number of carbonyl (C=O) groups is 1. The molecule has 0 bridgehead atoms. The van der Waals surface area contributed by atoms with Crippen LogP contribution in [0.25, 0.3) is 0 Å². The fourth-order valence-electron chi connectivity index (χ4n) is 1.67. The van der Waals surface area contributed by atoms with E-state index in [1.807, 2.05) is 36.4 Å². The van der Waals surface area contributed by atoms with Gasteiger partial charge >= 0.3 is 6.03 Å². The lowest BCUT2D eigenvalue weighted by Gasteiger charge is -2.08. The van der Waals surface area contributed by atoms with E-state index in [1.54, 1.807) is 19.4 Å². The van der Waals surface area contributed by atoms with Gasteiger partial charge in [0.05, 0.1) is 18.5 Å². The number of amides is 2. The van der Waals surface area contributed by atoms with Crippen LogP contribution in [0.3, 0.4) is 0 Å². The third-order valence-corrected chi connectivity index (χ3v) is 2.67. The number of anilines is 3. The van der Waals surface area contributed by atoms with E-state index in [4.69, 9.17) is 4.74 Å². The molecular weight excluding hydrogens is 268 g/mol. The van der Waals surface area contributed by atoms with E-state index in [1.165, 1.54) is 0 Å². The minimum Gasteiger partial charge on any atom is -0.383 e. The molecule has 3 N–H and O–H groups in total. The maximum atomic E-state index is 11.8. The van der Waals surface area contributed by atoms with Gasteiger partial charge in [0.2, 0.25) is 0 Å². The van der Waals surface area contributed by atoms with Gasteiger partial charge in [-0.05, 0) is 24.3 Å². The van der Waals surface area contributed by atoms with Gasteiger partial charge in [0.15, 0.2) is 0 Å². The second-order valence-electron chi connectivity index (χ2n) is 4.30. The number of methoxy groups -OCH3 is 1. The Bertz CT molecular complexity index is 558. The Balaban J connectivity index is 1.83. The van der Waals surface area contributed by atoms with Crippen molar-refractivity contribution in [2.45, 2.75) is 0 Å². The van der Waals surface area contributed by atoms with Crippen molar-refractivity contribution in [2.75, 3.05) is 36.2 Å². The average molecular weight is 286 g/mol. The van der Waals surface area contributed by atoms with E-state index in [9.17, 15) is 4.79 Å². The summed E-state index contributed by atoms with van der Waals surface area (Å²) < 4.78 is 4.95. The third-order valence-electron chi connectivity index (χ3n) is 2.67. The summed E-state index contributed by atoms with van der Waals surface area (Å²) in [5, 5.41) is 8.55. The first kappa shape index (κ1) is 14.8. The Morgan fingerprint density at radius 2 is 1.90 bits per heavy atom. The fraction of sp³-hybridized carbons (Fsp3) is 0.200. The van der Waals surface area contributed by atoms with Gasteiger partial charge in [-0.15, -0.1) is 0 Å². The van der Waals surface area contributed by atoms with E-state index in [0.717, 1.165) is 11.4 Å². The average Bonchev–Trinajstić information content (AvgIpc) is 2.50. The number of nitrogens with one attached hydrogen (secondary N) is 3. The van der Waals surface area contributed by atoms with Crippen LogP contribution < -0.4 is 16.0 Å². The highest BCUT2D eigenvalue weighted by Crippen LogP contribution is 2.10. The molecule has 6 nitrogen and oxygen atoms in total. The maximum absolute atomic E-state index is 11.8. The van der Waals surface area contributed by atoms with Crippen LogP contribution >= 0.6 is 0 Å². The van der Waals surface area contributed by atoms with Gasteiger partial charge in [-0.2, -0.15) is 0 Å². The molecule has 21 heavy (non-hydrogen) atoms. The number of carbonyl (C=O) groups excluding carboxylic acids is 1. The Labute approximate surface area is 123 Å². The van der Waals surface area contributed by atoms with Gasteiger partial charge in [0.1, 0.15) is 5.82 Å². The molecule has 0 saturated carbocycles. The number of ether oxygens (including phenoxy) is 1. The highest BCUT2D eigenvalue weighted by atomic mass is 16.5. The molecule has 0 spiro atoms. The molecule has 1 aromatic heterocycles. The largest absolute Gasteiger partial charge is 0.383 e. The molecule has 6 heteroatoms. The van der Waals surface area contributed by atoms with Crippen LogP contribution in [-0.2, 0) is 4.74 Å². The number of para-hydroxylation sites is 1. The standard InChI is InChI=1S/C15H18N4O2/c1-21-10-9-16-13-7-8-14(17-11-13)19-15(20)18-12-5-3-2-4-6-12/h2-8,11,16H,9-10H2,1H3,(H2,17,18,19,20). The van der Waals surface area contributed by atoms with E-state index in [0.29, 0.717) is 19.0 Å². The topological polar surface area (TPSA) is 75.3 Å². The smallest absolute Gasteiger partial charge is 0.324 e. The SMILES string of the molecule is COCCNc1ccc(NC(=O)Nc2ccccc2)nc1. The lowest BCUT2D eigenvalue weighted by atomic mass is 10.3. The van der Waals surface area contributed by atoms with Crippen LogP contribution in [0.4, 0.5) is 22.0 Å². The molecule has 110 valence electrons. The zero-order valence-electron chi connectivity index (χ0n) is 11.8. The van der Waals surface area contributed by atoms with Gasteiger partial charge in [0.25, 0.3) is 0 Å². The zero-order chi connectivity index (χ0) is 14.9. The third kappa shape index (κ3) is 5.12. The number of hydrogen-bond donors (Lipinski definition) is 3. The summed E-state index contributed by atoms with van der Waals surface area (Å²) in [7, 11) is 1.65. The van der Waals surface area contributed by atoms with Gasteiger partial charge < -0.3 is 15.4 Å². The number of urea groups is 1. The number of hydrogen-bond acceptors (Lipinski definition) is 4. The quantitative estimate of drug-likeness (QED) is 0.714. The van der Waals surface area contributed by atoms with Crippen LogP contribution in [0.5, 0.6) is 0 Å². The Hall–Kier alpha value is -2.60. The number of rotatable bonds is 6. The van der Waals surface area contributed by atoms with Crippen molar-refractivity contribution in [3.05, 3.63) is 48.7 Å². The predicted molar refractivity (Wildman–Crippen MR) is 83.7 cm³/mol. The van der Waals surface area contributed by atoms with Gasteiger partial charge in [-0.1, -0.05) is 18.2 Å². The molecule has 2 amide bonds. The second kappa shape index (κ2) is 7.86. The molecule has 0 aliphatic carbocycles. The van der Waals surface area contributed by atoms with Crippen molar-refractivity contribution >= 4 is 23.2 Å². The van der Waals surface area contributed by atoms with Gasteiger partial charge in [-0.25, -0.2) is 9.78 Å². The van der Waals surface area contributed by atoms with E-state index in [2.05, 4.69) is 20.9 Å². The molecule has 0 fully saturated rings. The lowest BCUT2D eigenvalue weighted by Crippen LogP contribution is -2.20. The Morgan fingerprint density at radius 1 is 1.10 bits per heavy atom. The summed E-state index contributed by atoms with van der Waals surface area (Å²) in [5.74, 6) is 0.487. The summed E-state index contributed by atoms with van der Waals surface area (Å²) in [6, 6.07) is 12.5. The van der Waals surface area contributed by atoms with Gasteiger partial charge in [0, 0.05) is 19.3 Å².